The molecule has 7 heteroatoms. The molecule has 6 nitrogen and oxygen atoms in total. The van der Waals surface area contributed by atoms with Crippen LogP contribution in [0.3, 0.4) is 0 Å². The summed E-state index contributed by atoms with van der Waals surface area (Å²) < 4.78 is 1.65. The lowest BCUT2D eigenvalue weighted by Gasteiger charge is -2.08. The Morgan fingerprint density at radius 3 is 3.17 bits per heavy atom. The van der Waals surface area contributed by atoms with Crippen molar-refractivity contribution >= 4 is 17.2 Å². The van der Waals surface area contributed by atoms with Gasteiger partial charge in [0.15, 0.2) is 5.69 Å². The topological polar surface area (TPSA) is 85.8 Å². The SMILES string of the molecule is C[C@@H](CN)NC(=O)c1cn(Cc2cccs2)nn1. The van der Waals surface area contributed by atoms with E-state index in [4.69, 9.17) is 5.73 Å². The van der Waals surface area contributed by atoms with Gasteiger partial charge >= 0.3 is 0 Å². The highest BCUT2D eigenvalue weighted by atomic mass is 32.1. The van der Waals surface area contributed by atoms with Crippen molar-refractivity contribution in [1.29, 1.82) is 0 Å². The van der Waals surface area contributed by atoms with Crippen molar-refractivity contribution in [2.24, 2.45) is 5.73 Å². The summed E-state index contributed by atoms with van der Waals surface area (Å²) in [6.07, 6.45) is 1.64. The van der Waals surface area contributed by atoms with Gasteiger partial charge in [-0.2, -0.15) is 0 Å². The molecule has 2 rings (SSSR count). The third kappa shape index (κ3) is 3.14. The Labute approximate surface area is 109 Å². The van der Waals surface area contributed by atoms with Crippen molar-refractivity contribution in [3.05, 3.63) is 34.3 Å². The number of amides is 1. The third-order valence-electron chi connectivity index (χ3n) is 2.40. The average molecular weight is 265 g/mol. The number of thiophene rings is 1. The van der Waals surface area contributed by atoms with Crippen LogP contribution in [0.2, 0.25) is 0 Å². The van der Waals surface area contributed by atoms with E-state index >= 15 is 0 Å². The summed E-state index contributed by atoms with van der Waals surface area (Å²) in [5, 5.41) is 12.5. The minimum Gasteiger partial charge on any atom is -0.347 e. The van der Waals surface area contributed by atoms with Crippen LogP contribution in [0.4, 0.5) is 0 Å². The fourth-order valence-corrected chi connectivity index (χ4v) is 2.09. The van der Waals surface area contributed by atoms with Gasteiger partial charge in [-0.1, -0.05) is 11.3 Å². The minimum absolute atomic E-state index is 0.0695. The zero-order chi connectivity index (χ0) is 13.0. The molecule has 0 spiro atoms. The maximum Gasteiger partial charge on any atom is 0.273 e. The second kappa shape index (κ2) is 5.74. The zero-order valence-corrected chi connectivity index (χ0v) is 10.9. The molecule has 0 bridgehead atoms. The molecular formula is C11H15N5OS. The van der Waals surface area contributed by atoms with Gasteiger partial charge in [-0.05, 0) is 18.4 Å². The lowest BCUT2D eigenvalue weighted by atomic mass is 10.3. The number of nitrogens with one attached hydrogen (secondary N) is 1. The van der Waals surface area contributed by atoms with E-state index in [1.54, 1.807) is 22.2 Å². The molecular weight excluding hydrogens is 250 g/mol. The Bertz CT molecular complexity index is 507. The van der Waals surface area contributed by atoms with Crippen molar-refractivity contribution in [2.75, 3.05) is 6.54 Å². The Morgan fingerprint density at radius 1 is 1.67 bits per heavy atom. The van der Waals surface area contributed by atoms with E-state index in [1.165, 1.54) is 4.88 Å². The van der Waals surface area contributed by atoms with Crippen molar-refractivity contribution in [1.82, 2.24) is 20.3 Å². The minimum atomic E-state index is -0.245. The quantitative estimate of drug-likeness (QED) is 0.822. The summed E-state index contributed by atoms with van der Waals surface area (Å²) in [7, 11) is 0. The van der Waals surface area contributed by atoms with Crippen LogP contribution in [0.5, 0.6) is 0 Å². The number of aromatic nitrogens is 3. The first kappa shape index (κ1) is 12.7. The monoisotopic (exact) mass is 265 g/mol. The van der Waals surface area contributed by atoms with Crippen LogP contribution < -0.4 is 11.1 Å². The fourth-order valence-electron chi connectivity index (χ4n) is 1.40. The summed E-state index contributed by atoms with van der Waals surface area (Å²) >= 11 is 1.64. The standard InChI is InChI=1S/C11H15N5OS/c1-8(5-12)13-11(17)10-7-16(15-14-10)6-9-3-2-4-18-9/h2-4,7-8H,5-6,12H2,1H3,(H,13,17)/t8-/m0/s1. The summed E-state index contributed by atoms with van der Waals surface area (Å²) in [6, 6.07) is 3.93. The van der Waals surface area contributed by atoms with Crippen molar-refractivity contribution < 1.29 is 4.79 Å². The Balaban J connectivity index is 1.99. The molecule has 18 heavy (non-hydrogen) atoms. The maximum absolute atomic E-state index is 11.7. The van der Waals surface area contributed by atoms with E-state index in [2.05, 4.69) is 15.6 Å². The van der Waals surface area contributed by atoms with Crippen LogP contribution in [0.15, 0.2) is 23.7 Å². The van der Waals surface area contributed by atoms with Gasteiger partial charge in [0.2, 0.25) is 0 Å². The molecule has 0 aliphatic rings. The van der Waals surface area contributed by atoms with Crippen LogP contribution in [0, 0.1) is 0 Å². The number of carbonyl (C=O) groups excluding carboxylic acids is 1. The highest BCUT2D eigenvalue weighted by Gasteiger charge is 2.12. The Hall–Kier alpha value is -1.73. The van der Waals surface area contributed by atoms with Crippen molar-refractivity contribution in [3.63, 3.8) is 0 Å². The molecule has 2 aromatic rings. The van der Waals surface area contributed by atoms with E-state index in [9.17, 15) is 4.79 Å². The van der Waals surface area contributed by atoms with E-state index in [1.807, 2.05) is 24.4 Å². The summed E-state index contributed by atoms with van der Waals surface area (Å²) in [5.74, 6) is -0.245. The molecule has 0 aromatic carbocycles. The van der Waals surface area contributed by atoms with Gasteiger partial charge in [-0.3, -0.25) is 4.79 Å². The second-order valence-electron chi connectivity index (χ2n) is 3.99. The number of nitrogens with zero attached hydrogens (tertiary/aromatic N) is 3. The fraction of sp³-hybridized carbons (Fsp3) is 0.364. The number of nitrogens with two attached hydrogens (primary N) is 1. The smallest absolute Gasteiger partial charge is 0.273 e. The molecule has 1 amide bonds. The molecule has 0 unspecified atom stereocenters. The van der Waals surface area contributed by atoms with Crippen molar-refractivity contribution in [2.45, 2.75) is 19.5 Å². The highest BCUT2D eigenvalue weighted by molar-refractivity contribution is 7.09. The Morgan fingerprint density at radius 2 is 2.50 bits per heavy atom. The van der Waals surface area contributed by atoms with Crippen LogP contribution in [-0.2, 0) is 6.54 Å². The highest BCUT2D eigenvalue weighted by Crippen LogP contribution is 2.09. The van der Waals surface area contributed by atoms with Crippen LogP contribution in [0.1, 0.15) is 22.3 Å². The van der Waals surface area contributed by atoms with E-state index < -0.39 is 0 Å². The normalized spacial score (nSPS) is 12.3. The first-order valence-corrected chi connectivity index (χ1v) is 6.50. The Kier molecular flexibility index (Phi) is 4.06. The molecule has 2 heterocycles. The first-order valence-electron chi connectivity index (χ1n) is 5.62. The van der Waals surface area contributed by atoms with Gasteiger partial charge in [-0.25, -0.2) is 4.68 Å². The van der Waals surface area contributed by atoms with Crippen LogP contribution in [-0.4, -0.2) is 33.5 Å². The van der Waals surface area contributed by atoms with Crippen LogP contribution in [0.25, 0.3) is 0 Å². The molecule has 1 atom stereocenters. The average Bonchev–Trinajstić information content (AvgIpc) is 3.00. The van der Waals surface area contributed by atoms with Gasteiger partial charge in [-0.15, -0.1) is 16.4 Å². The predicted octanol–water partition coefficient (Wildman–Crippen LogP) is 0.465. The number of hydrogen-bond acceptors (Lipinski definition) is 5. The van der Waals surface area contributed by atoms with Crippen LogP contribution >= 0.6 is 11.3 Å². The summed E-state index contributed by atoms with van der Waals surface area (Å²) in [5.41, 5.74) is 5.75. The lowest BCUT2D eigenvalue weighted by molar-refractivity contribution is 0.0936. The first-order chi connectivity index (χ1) is 8.69. The van der Waals surface area contributed by atoms with Gasteiger partial charge in [0, 0.05) is 17.5 Å². The van der Waals surface area contributed by atoms with Gasteiger partial charge in [0.1, 0.15) is 0 Å². The molecule has 0 saturated heterocycles. The zero-order valence-electron chi connectivity index (χ0n) is 10.0. The van der Waals surface area contributed by atoms with Gasteiger partial charge < -0.3 is 11.1 Å². The molecule has 0 aliphatic heterocycles. The predicted molar refractivity (Wildman–Crippen MR) is 69.4 cm³/mol. The lowest BCUT2D eigenvalue weighted by Crippen LogP contribution is -2.37. The largest absolute Gasteiger partial charge is 0.347 e. The second-order valence-corrected chi connectivity index (χ2v) is 5.02. The van der Waals surface area contributed by atoms with Gasteiger partial charge in [0.05, 0.1) is 12.7 Å². The molecule has 96 valence electrons. The molecule has 3 N–H and O–H groups in total. The maximum atomic E-state index is 11.7. The molecule has 0 fully saturated rings. The summed E-state index contributed by atoms with van der Waals surface area (Å²) in [4.78, 5) is 12.9. The number of hydrogen-bond donors (Lipinski definition) is 2. The number of carbonyl (C=O) groups is 1. The summed E-state index contributed by atoms with van der Waals surface area (Å²) in [6.45, 7) is 2.87. The van der Waals surface area contributed by atoms with E-state index in [-0.39, 0.29) is 11.9 Å². The van der Waals surface area contributed by atoms with E-state index in [0.717, 1.165) is 0 Å². The number of rotatable bonds is 5. The molecule has 0 saturated carbocycles. The van der Waals surface area contributed by atoms with Gasteiger partial charge in [0.25, 0.3) is 5.91 Å². The molecule has 0 aliphatic carbocycles. The molecule has 0 radical (unpaired) electrons. The molecule has 2 aromatic heterocycles. The van der Waals surface area contributed by atoms with E-state index in [0.29, 0.717) is 18.8 Å². The van der Waals surface area contributed by atoms with Crippen molar-refractivity contribution in [3.8, 4) is 0 Å². The third-order valence-corrected chi connectivity index (χ3v) is 3.26.